The van der Waals surface area contributed by atoms with Crippen molar-refractivity contribution in [2.45, 2.75) is 0 Å². The first-order valence-corrected chi connectivity index (χ1v) is 5.58. The van der Waals surface area contributed by atoms with Gasteiger partial charge in [0.05, 0.1) is 12.1 Å². The van der Waals surface area contributed by atoms with Crippen LogP contribution in [-0.4, -0.2) is 41.4 Å². The number of carboxylic acid groups (broad SMARTS) is 1. The number of para-hydroxylation sites is 1. The lowest BCUT2D eigenvalue weighted by Gasteiger charge is -2.20. The van der Waals surface area contributed by atoms with Gasteiger partial charge in [0.1, 0.15) is 0 Å². The highest BCUT2D eigenvalue weighted by molar-refractivity contribution is 5.97. The number of carboxylic acids is 1. The Balaban J connectivity index is 2.64. The fraction of sp³-hybridized carbons (Fsp3) is 0.231. The third-order valence-corrected chi connectivity index (χ3v) is 2.76. The van der Waals surface area contributed by atoms with E-state index in [1.807, 2.05) is 30.1 Å². The lowest BCUT2D eigenvalue weighted by molar-refractivity contribution is 0.0691. The van der Waals surface area contributed by atoms with Crippen molar-refractivity contribution in [2.24, 2.45) is 0 Å². The molecule has 0 fully saturated rings. The second kappa shape index (κ2) is 5.01. The van der Waals surface area contributed by atoms with E-state index in [-0.39, 0.29) is 12.3 Å². The van der Waals surface area contributed by atoms with E-state index < -0.39 is 5.97 Å². The Hall–Kier alpha value is -2.14. The third-order valence-electron chi connectivity index (χ3n) is 2.76. The zero-order valence-corrected chi connectivity index (χ0v) is 10.00. The van der Waals surface area contributed by atoms with E-state index in [1.165, 1.54) is 6.07 Å². The summed E-state index contributed by atoms with van der Waals surface area (Å²) in [7, 11) is 1.81. The van der Waals surface area contributed by atoms with Gasteiger partial charge in [-0.05, 0) is 12.1 Å². The molecule has 0 spiro atoms. The summed E-state index contributed by atoms with van der Waals surface area (Å²) < 4.78 is 0. The average Bonchev–Trinajstić information content (AvgIpc) is 2.37. The quantitative estimate of drug-likeness (QED) is 0.852. The Bertz CT molecular complexity index is 583. The van der Waals surface area contributed by atoms with E-state index in [1.54, 1.807) is 6.07 Å². The van der Waals surface area contributed by atoms with Gasteiger partial charge in [-0.1, -0.05) is 18.2 Å². The molecule has 0 aliphatic carbocycles. The van der Waals surface area contributed by atoms with Crippen LogP contribution >= 0.6 is 0 Å². The van der Waals surface area contributed by atoms with Crippen molar-refractivity contribution < 1.29 is 15.0 Å². The summed E-state index contributed by atoms with van der Waals surface area (Å²) in [6.07, 6.45) is 0. The van der Waals surface area contributed by atoms with E-state index in [2.05, 4.69) is 4.98 Å². The molecule has 0 amide bonds. The molecule has 0 bridgehead atoms. The summed E-state index contributed by atoms with van der Waals surface area (Å²) in [5.74, 6) is -1.06. The van der Waals surface area contributed by atoms with Crippen molar-refractivity contribution in [2.75, 3.05) is 25.1 Å². The van der Waals surface area contributed by atoms with E-state index in [4.69, 9.17) is 10.2 Å². The van der Waals surface area contributed by atoms with Gasteiger partial charge in [0.25, 0.3) is 0 Å². The molecule has 2 N–H and O–H groups in total. The zero-order chi connectivity index (χ0) is 13.1. The molecule has 0 saturated heterocycles. The number of pyridine rings is 1. The number of hydrogen-bond acceptors (Lipinski definition) is 4. The Kier molecular flexibility index (Phi) is 3.43. The Labute approximate surface area is 104 Å². The smallest absolute Gasteiger partial charge is 0.354 e. The largest absolute Gasteiger partial charge is 0.477 e. The molecule has 0 unspecified atom stereocenters. The van der Waals surface area contributed by atoms with E-state index in [9.17, 15) is 4.79 Å². The van der Waals surface area contributed by atoms with Gasteiger partial charge in [-0.15, -0.1) is 0 Å². The first-order valence-electron chi connectivity index (χ1n) is 5.58. The number of aliphatic hydroxyl groups excluding tert-OH is 1. The van der Waals surface area contributed by atoms with Crippen LogP contribution in [0.1, 0.15) is 10.5 Å². The minimum absolute atomic E-state index is 0.00786. The monoisotopic (exact) mass is 246 g/mol. The number of carbonyl (C=O) groups is 1. The molecular formula is C13H14N2O3. The molecule has 1 aromatic carbocycles. The number of fused-ring (bicyclic) bond motifs is 1. The first kappa shape index (κ1) is 12.3. The molecular weight excluding hydrogens is 232 g/mol. The number of benzene rings is 1. The molecule has 5 heteroatoms. The van der Waals surface area contributed by atoms with Gasteiger partial charge >= 0.3 is 5.97 Å². The summed E-state index contributed by atoms with van der Waals surface area (Å²) in [5, 5.41) is 18.9. The van der Waals surface area contributed by atoms with Crippen molar-refractivity contribution in [3.8, 4) is 0 Å². The maximum absolute atomic E-state index is 11.0. The molecule has 18 heavy (non-hydrogen) atoms. The third kappa shape index (κ3) is 2.26. The molecule has 1 heterocycles. The minimum atomic E-state index is -1.06. The van der Waals surface area contributed by atoms with Gasteiger partial charge in [0, 0.05) is 24.7 Å². The van der Waals surface area contributed by atoms with Crippen molar-refractivity contribution in [3.63, 3.8) is 0 Å². The average molecular weight is 246 g/mol. The number of nitrogens with zero attached hydrogens (tertiary/aromatic N) is 2. The van der Waals surface area contributed by atoms with Crippen molar-refractivity contribution >= 4 is 22.6 Å². The predicted molar refractivity (Wildman–Crippen MR) is 69.1 cm³/mol. The van der Waals surface area contributed by atoms with Gasteiger partial charge in [-0.3, -0.25) is 0 Å². The van der Waals surface area contributed by atoms with Crippen LogP contribution in [-0.2, 0) is 0 Å². The van der Waals surface area contributed by atoms with Crippen LogP contribution in [0.3, 0.4) is 0 Å². The summed E-state index contributed by atoms with van der Waals surface area (Å²) >= 11 is 0. The number of rotatable bonds is 4. The van der Waals surface area contributed by atoms with E-state index >= 15 is 0 Å². The minimum Gasteiger partial charge on any atom is -0.477 e. The molecule has 1 aromatic heterocycles. The summed E-state index contributed by atoms with van der Waals surface area (Å²) in [5.41, 5.74) is 1.40. The summed E-state index contributed by atoms with van der Waals surface area (Å²) in [6.45, 7) is 0.447. The van der Waals surface area contributed by atoms with Gasteiger partial charge in [0.2, 0.25) is 0 Å². The molecule has 0 atom stereocenters. The predicted octanol–water partition coefficient (Wildman–Crippen LogP) is 1.36. The van der Waals surface area contributed by atoms with Crippen LogP contribution in [0.15, 0.2) is 30.3 Å². The SMILES string of the molecule is CN(CCO)c1cc(C(=O)O)nc2ccccc12. The topological polar surface area (TPSA) is 73.7 Å². The second-order valence-corrected chi connectivity index (χ2v) is 3.99. The summed E-state index contributed by atoms with van der Waals surface area (Å²) in [4.78, 5) is 17.0. The van der Waals surface area contributed by atoms with E-state index in [0.717, 1.165) is 11.1 Å². The lowest BCUT2D eigenvalue weighted by Crippen LogP contribution is -2.22. The Morgan fingerprint density at radius 1 is 1.39 bits per heavy atom. The fourth-order valence-corrected chi connectivity index (χ4v) is 1.85. The van der Waals surface area contributed by atoms with Gasteiger partial charge in [0.15, 0.2) is 5.69 Å². The standard InChI is InChI=1S/C13H14N2O3/c1-15(6-7-16)12-8-11(13(17)18)14-10-5-3-2-4-9(10)12/h2-5,8,16H,6-7H2,1H3,(H,17,18). The normalized spacial score (nSPS) is 10.6. The highest BCUT2D eigenvalue weighted by Gasteiger charge is 2.12. The lowest BCUT2D eigenvalue weighted by atomic mass is 10.1. The van der Waals surface area contributed by atoms with Crippen LogP contribution in [0.2, 0.25) is 0 Å². The van der Waals surface area contributed by atoms with Gasteiger partial charge < -0.3 is 15.1 Å². The number of aromatic nitrogens is 1. The number of likely N-dealkylation sites (N-methyl/N-ethyl adjacent to an activating group) is 1. The number of hydrogen-bond donors (Lipinski definition) is 2. The second-order valence-electron chi connectivity index (χ2n) is 3.99. The van der Waals surface area contributed by atoms with Crippen LogP contribution in [0.25, 0.3) is 10.9 Å². The molecule has 0 aliphatic rings. The first-order chi connectivity index (χ1) is 8.63. The molecule has 2 aromatic rings. The van der Waals surface area contributed by atoms with Crippen LogP contribution in [0.4, 0.5) is 5.69 Å². The molecule has 0 aliphatic heterocycles. The van der Waals surface area contributed by atoms with Crippen LogP contribution in [0.5, 0.6) is 0 Å². The van der Waals surface area contributed by atoms with Crippen molar-refractivity contribution in [3.05, 3.63) is 36.0 Å². The molecule has 0 saturated carbocycles. The number of anilines is 1. The van der Waals surface area contributed by atoms with Crippen molar-refractivity contribution in [1.82, 2.24) is 4.98 Å². The van der Waals surface area contributed by atoms with E-state index in [0.29, 0.717) is 12.1 Å². The van der Waals surface area contributed by atoms with Crippen molar-refractivity contribution in [1.29, 1.82) is 0 Å². The molecule has 2 rings (SSSR count). The van der Waals surface area contributed by atoms with Gasteiger partial charge in [-0.2, -0.15) is 0 Å². The van der Waals surface area contributed by atoms with Gasteiger partial charge in [-0.25, -0.2) is 9.78 Å². The number of aromatic carboxylic acids is 1. The molecule has 94 valence electrons. The Morgan fingerprint density at radius 2 is 2.11 bits per heavy atom. The summed E-state index contributed by atoms with van der Waals surface area (Å²) in [6, 6.07) is 8.88. The van der Waals surface area contributed by atoms with Crippen LogP contribution in [0, 0.1) is 0 Å². The van der Waals surface area contributed by atoms with Crippen LogP contribution < -0.4 is 4.90 Å². The zero-order valence-electron chi connectivity index (χ0n) is 10.00. The highest BCUT2D eigenvalue weighted by Crippen LogP contribution is 2.25. The maximum atomic E-state index is 11.0. The number of aliphatic hydroxyl groups is 1. The Morgan fingerprint density at radius 3 is 2.78 bits per heavy atom. The molecule has 0 radical (unpaired) electrons. The highest BCUT2D eigenvalue weighted by atomic mass is 16.4. The molecule has 5 nitrogen and oxygen atoms in total. The fourth-order valence-electron chi connectivity index (χ4n) is 1.85. The maximum Gasteiger partial charge on any atom is 0.354 e.